The number of hydrogen-bond donors (Lipinski definition) is 1. The van der Waals surface area contributed by atoms with Crippen molar-refractivity contribution in [1.29, 1.82) is 0 Å². The van der Waals surface area contributed by atoms with Crippen molar-refractivity contribution in [3.63, 3.8) is 0 Å². The van der Waals surface area contributed by atoms with Gasteiger partial charge in [0.25, 0.3) is 0 Å². The first-order chi connectivity index (χ1) is 6.19. The van der Waals surface area contributed by atoms with Crippen LogP contribution in [0.25, 0.3) is 0 Å². The normalized spacial score (nSPS) is 8.71. The van der Waals surface area contributed by atoms with Crippen LogP contribution in [-0.4, -0.2) is 25.3 Å². The van der Waals surface area contributed by atoms with E-state index in [4.69, 9.17) is 4.74 Å². The fraction of sp³-hybridized carbons (Fsp3) is 0.300. The van der Waals surface area contributed by atoms with E-state index in [1.807, 2.05) is 0 Å². The Labute approximate surface area is 83.1 Å². The third kappa shape index (κ3) is 2.39. The number of ether oxygens (including phenoxy) is 2. The van der Waals surface area contributed by atoms with Gasteiger partial charge >= 0.3 is 5.97 Å². The minimum Gasteiger partial charge on any atom is -0.504 e. The maximum Gasteiger partial charge on any atom is 0.337 e. The van der Waals surface area contributed by atoms with Gasteiger partial charge in [-0.1, -0.05) is 7.43 Å². The van der Waals surface area contributed by atoms with Crippen molar-refractivity contribution in [3.05, 3.63) is 23.8 Å². The van der Waals surface area contributed by atoms with Gasteiger partial charge < -0.3 is 14.6 Å². The van der Waals surface area contributed by atoms with Gasteiger partial charge in [0.05, 0.1) is 19.8 Å². The Morgan fingerprint density at radius 1 is 1.36 bits per heavy atom. The standard InChI is InChI=1S/C9H10O4.CH4/c1-12-8-5-6(9(11)13-2)3-4-7(8)10;/h3-5,10H,1-2H3;1H4. The molecule has 0 atom stereocenters. The molecule has 0 aliphatic heterocycles. The fourth-order valence-corrected chi connectivity index (χ4v) is 0.922. The number of aromatic hydroxyl groups is 1. The number of phenolic OH excluding ortho intramolecular Hbond substituents is 1. The molecule has 0 aromatic heterocycles. The SMILES string of the molecule is C.COC(=O)c1ccc(O)c(OC)c1. The molecule has 0 unspecified atom stereocenters. The number of benzene rings is 1. The molecule has 14 heavy (non-hydrogen) atoms. The zero-order valence-corrected chi connectivity index (χ0v) is 7.40. The van der Waals surface area contributed by atoms with E-state index in [1.165, 1.54) is 32.4 Å². The van der Waals surface area contributed by atoms with Gasteiger partial charge in [0, 0.05) is 0 Å². The molecule has 0 saturated heterocycles. The van der Waals surface area contributed by atoms with E-state index in [1.54, 1.807) is 0 Å². The van der Waals surface area contributed by atoms with E-state index in [0.717, 1.165) is 0 Å². The first kappa shape index (κ1) is 12.3. The van der Waals surface area contributed by atoms with Gasteiger partial charge in [-0.15, -0.1) is 0 Å². The zero-order chi connectivity index (χ0) is 9.84. The number of esters is 1. The van der Waals surface area contributed by atoms with Crippen LogP contribution in [0, 0.1) is 0 Å². The maximum atomic E-state index is 11.0. The third-order valence-electron chi connectivity index (χ3n) is 1.60. The molecule has 78 valence electrons. The summed E-state index contributed by atoms with van der Waals surface area (Å²) in [6.45, 7) is 0. The molecule has 4 heteroatoms. The molecular formula is C10H14O4. The summed E-state index contributed by atoms with van der Waals surface area (Å²) in [6.07, 6.45) is 0. The van der Waals surface area contributed by atoms with Gasteiger partial charge in [-0.3, -0.25) is 0 Å². The lowest BCUT2D eigenvalue weighted by atomic mass is 10.2. The van der Waals surface area contributed by atoms with Gasteiger partial charge in [0.15, 0.2) is 11.5 Å². The summed E-state index contributed by atoms with van der Waals surface area (Å²) in [4.78, 5) is 11.0. The van der Waals surface area contributed by atoms with Gasteiger partial charge in [0.2, 0.25) is 0 Å². The van der Waals surface area contributed by atoms with Gasteiger partial charge in [-0.05, 0) is 18.2 Å². The molecule has 1 N–H and O–H groups in total. The number of methoxy groups -OCH3 is 2. The van der Waals surface area contributed by atoms with E-state index >= 15 is 0 Å². The average molecular weight is 198 g/mol. The van der Waals surface area contributed by atoms with Crippen LogP contribution >= 0.6 is 0 Å². The van der Waals surface area contributed by atoms with Crippen molar-refractivity contribution >= 4 is 5.97 Å². The molecule has 0 bridgehead atoms. The number of rotatable bonds is 2. The Morgan fingerprint density at radius 3 is 2.50 bits per heavy atom. The Bertz CT molecular complexity index is 320. The Morgan fingerprint density at radius 2 is 2.00 bits per heavy atom. The molecule has 0 heterocycles. The van der Waals surface area contributed by atoms with Crippen LogP contribution in [0.1, 0.15) is 17.8 Å². The van der Waals surface area contributed by atoms with Gasteiger partial charge in [-0.25, -0.2) is 4.79 Å². The molecule has 0 aliphatic rings. The van der Waals surface area contributed by atoms with Crippen molar-refractivity contribution in [3.8, 4) is 11.5 Å². The molecule has 1 aromatic rings. The van der Waals surface area contributed by atoms with E-state index in [0.29, 0.717) is 5.56 Å². The topological polar surface area (TPSA) is 55.8 Å². The first-order valence-electron chi connectivity index (χ1n) is 3.64. The summed E-state index contributed by atoms with van der Waals surface area (Å²) in [7, 11) is 2.71. The van der Waals surface area contributed by atoms with Crippen LogP contribution in [0.15, 0.2) is 18.2 Å². The molecule has 1 rings (SSSR count). The minimum atomic E-state index is -0.460. The minimum absolute atomic E-state index is 0. The van der Waals surface area contributed by atoms with E-state index < -0.39 is 5.97 Å². The molecule has 0 radical (unpaired) electrons. The molecule has 0 saturated carbocycles. The maximum absolute atomic E-state index is 11.0. The van der Waals surface area contributed by atoms with E-state index in [9.17, 15) is 9.90 Å². The Kier molecular flexibility index (Phi) is 4.49. The van der Waals surface area contributed by atoms with Crippen molar-refractivity contribution in [2.75, 3.05) is 14.2 Å². The summed E-state index contributed by atoms with van der Waals surface area (Å²) in [5.41, 5.74) is 0.345. The second-order valence-electron chi connectivity index (χ2n) is 2.38. The van der Waals surface area contributed by atoms with Crippen LogP contribution < -0.4 is 4.74 Å². The molecule has 0 fully saturated rings. The second-order valence-corrected chi connectivity index (χ2v) is 2.38. The highest BCUT2D eigenvalue weighted by Crippen LogP contribution is 2.26. The van der Waals surface area contributed by atoms with Gasteiger partial charge in [-0.2, -0.15) is 0 Å². The molecule has 4 nitrogen and oxygen atoms in total. The highest BCUT2D eigenvalue weighted by molar-refractivity contribution is 5.90. The van der Waals surface area contributed by atoms with Crippen molar-refractivity contribution in [2.24, 2.45) is 0 Å². The van der Waals surface area contributed by atoms with Crippen LogP contribution in [0.3, 0.4) is 0 Å². The lowest BCUT2D eigenvalue weighted by Crippen LogP contribution is -2.01. The quantitative estimate of drug-likeness (QED) is 0.736. The van der Waals surface area contributed by atoms with Crippen molar-refractivity contribution < 1.29 is 19.4 Å². The highest BCUT2D eigenvalue weighted by atomic mass is 16.5. The average Bonchev–Trinajstić information content (AvgIpc) is 2.17. The summed E-state index contributed by atoms with van der Waals surface area (Å²) >= 11 is 0. The van der Waals surface area contributed by atoms with Crippen LogP contribution in [0.5, 0.6) is 11.5 Å². The van der Waals surface area contributed by atoms with Crippen LogP contribution in [0.2, 0.25) is 0 Å². The summed E-state index contributed by atoms with van der Waals surface area (Å²) < 4.78 is 9.32. The molecular weight excluding hydrogens is 184 g/mol. The molecule has 1 aromatic carbocycles. The van der Waals surface area contributed by atoms with Crippen LogP contribution in [-0.2, 0) is 4.74 Å². The summed E-state index contributed by atoms with van der Waals surface area (Å²) in [5.74, 6) is -0.212. The molecule has 0 amide bonds. The summed E-state index contributed by atoms with van der Waals surface area (Å²) in [6, 6.07) is 4.26. The van der Waals surface area contributed by atoms with E-state index in [2.05, 4.69) is 4.74 Å². The number of phenols is 1. The largest absolute Gasteiger partial charge is 0.504 e. The predicted octanol–water partition coefficient (Wildman–Crippen LogP) is 1.82. The third-order valence-corrected chi connectivity index (χ3v) is 1.60. The summed E-state index contributed by atoms with van der Waals surface area (Å²) in [5, 5.41) is 9.21. The Balaban J connectivity index is 0.00000169. The molecule has 0 aliphatic carbocycles. The van der Waals surface area contributed by atoms with Crippen molar-refractivity contribution in [1.82, 2.24) is 0 Å². The van der Waals surface area contributed by atoms with Gasteiger partial charge in [0.1, 0.15) is 0 Å². The van der Waals surface area contributed by atoms with Crippen LogP contribution in [0.4, 0.5) is 0 Å². The van der Waals surface area contributed by atoms with Crippen molar-refractivity contribution in [2.45, 2.75) is 7.43 Å². The fourth-order valence-electron chi connectivity index (χ4n) is 0.922. The number of hydrogen-bond acceptors (Lipinski definition) is 4. The van der Waals surface area contributed by atoms with E-state index in [-0.39, 0.29) is 18.9 Å². The second kappa shape index (κ2) is 5.11. The number of carbonyl (C=O) groups is 1. The lowest BCUT2D eigenvalue weighted by molar-refractivity contribution is 0.0600. The molecule has 0 spiro atoms. The lowest BCUT2D eigenvalue weighted by Gasteiger charge is -2.04. The smallest absolute Gasteiger partial charge is 0.337 e. The zero-order valence-electron chi connectivity index (χ0n) is 7.40. The number of carbonyl (C=O) groups excluding carboxylic acids is 1. The Hall–Kier alpha value is -1.71. The monoisotopic (exact) mass is 198 g/mol. The highest BCUT2D eigenvalue weighted by Gasteiger charge is 2.08. The predicted molar refractivity (Wildman–Crippen MR) is 52.7 cm³/mol. The first-order valence-corrected chi connectivity index (χ1v) is 3.64.